The maximum absolute atomic E-state index is 15.7. The number of rotatable bonds is 13. The Labute approximate surface area is 254 Å². The van der Waals surface area contributed by atoms with Gasteiger partial charge in [0.05, 0.1) is 60.4 Å². The Bertz CT molecular complexity index is 1510. The van der Waals surface area contributed by atoms with Crippen LogP contribution in [0.4, 0.5) is 4.39 Å². The van der Waals surface area contributed by atoms with Crippen LogP contribution >= 0.6 is 16.1 Å². The van der Waals surface area contributed by atoms with Gasteiger partial charge >= 0.3 is 10.1 Å². The summed E-state index contributed by atoms with van der Waals surface area (Å²) in [7, 11) is -3.93. The molecular weight excluding hydrogens is 633 g/mol. The van der Waals surface area contributed by atoms with Gasteiger partial charge in [0.25, 0.3) is 0 Å². The largest absolute Gasteiger partial charge is 0.490 e. The predicted octanol–water partition coefficient (Wildman–Crippen LogP) is 5.70. The Hall–Kier alpha value is -3.37. The second kappa shape index (κ2) is 13.7. The number of hydrogen-bond acceptors (Lipinski definition) is 9. The highest BCUT2D eigenvalue weighted by molar-refractivity contribution is 9.08. The molecule has 0 N–H and O–H groups in total. The van der Waals surface area contributed by atoms with Gasteiger partial charge in [-0.25, -0.2) is 4.39 Å². The van der Waals surface area contributed by atoms with E-state index in [4.69, 9.17) is 23.7 Å². The number of benzene rings is 2. The van der Waals surface area contributed by atoms with Crippen molar-refractivity contribution in [2.24, 2.45) is 4.02 Å². The van der Waals surface area contributed by atoms with E-state index < -0.39 is 21.4 Å². The molecule has 0 fully saturated rings. The van der Waals surface area contributed by atoms with E-state index in [1.165, 1.54) is 6.07 Å². The average molecular weight is 669 g/mol. The molecule has 0 atom stereocenters. The Morgan fingerprint density at radius 1 is 1.12 bits per heavy atom. The fourth-order valence-electron chi connectivity index (χ4n) is 4.49. The lowest BCUT2D eigenvalue weighted by molar-refractivity contribution is 0.0962. The maximum atomic E-state index is 15.7. The number of hydrogen-bond donors (Lipinski definition) is 0. The second-order valence-corrected chi connectivity index (χ2v) is 12.5. The number of carbonyl (C=O) groups is 1. The molecule has 2 aromatic carbocycles. The van der Waals surface area contributed by atoms with Crippen LogP contribution in [0.25, 0.3) is 0 Å². The van der Waals surface area contributed by atoms with Crippen LogP contribution in [-0.4, -0.2) is 57.6 Å². The molecule has 0 aromatic heterocycles. The van der Waals surface area contributed by atoms with E-state index in [0.29, 0.717) is 24.2 Å². The van der Waals surface area contributed by atoms with Crippen molar-refractivity contribution < 1.29 is 36.0 Å². The highest BCUT2D eigenvalue weighted by atomic mass is 79.9. The van der Waals surface area contributed by atoms with Crippen molar-refractivity contribution in [1.29, 1.82) is 5.26 Å². The summed E-state index contributed by atoms with van der Waals surface area (Å²) in [5, 5.41) is 8.87. The van der Waals surface area contributed by atoms with Crippen molar-refractivity contribution in [3.05, 3.63) is 46.3 Å². The molecule has 0 saturated heterocycles. The van der Waals surface area contributed by atoms with Crippen molar-refractivity contribution in [1.82, 2.24) is 4.90 Å². The minimum atomic E-state index is -3.93. The van der Waals surface area contributed by atoms with Gasteiger partial charge in [0.1, 0.15) is 5.84 Å². The van der Waals surface area contributed by atoms with Gasteiger partial charge in [-0.3, -0.25) is 4.79 Å². The molecule has 1 aliphatic rings. The first kappa shape index (κ1) is 33.1. The first-order valence-electron chi connectivity index (χ1n) is 13.4. The van der Waals surface area contributed by atoms with Crippen LogP contribution < -0.4 is 18.4 Å². The zero-order chi connectivity index (χ0) is 31.2. The van der Waals surface area contributed by atoms with Crippen LogP contribution in [0.2, 0.25) is 0 Å². The monoisotopic (exact) mass is 667 g/mol. The van der Waals surface area contributed by atoms with Crippen molar-refractivity contribution in [3.8, 4) is 29.1 Å². The number of amidine groups is 1. The van der Waals surface area contributed by atoms with Crippen LogP contribution in [0.3, 0.4) is 0 Å². The number of ether oxygens (including phenoxy) is 3. The van der Waals surface area contributed by atoms with Crippen molar-refractivity contribution >= 4 is 37.9 Å². The fraction of sp³-hybridized carbons (Fsp3) is 0.483. The third kappa shape index (κ3) is 7.72. The van der Waals surface area contributed by atoms with Crippen LogP contribution in [0.15, 0.2) is 22.2 Å². The van der Waals surface area contributed by atoms with E-state index in [1.807, 2.05) is 26.8 Å². The number of ketones is 1. The topological polar surface area (TPSA) is 128 Å². The van der Waals surface area contributed by atoms with E-state index >= 15 is 4.39 Å². The summed E-state index contributed by atoms with van der Waals surface area (Å²) >= 11 is 3.09. The minimum absolute atomic E-state index is 0.0104. The van der Waals surface area contributed by atoms with E-state index in [0.717, 1.165) is 6.26 Å². The zero-order valence-corrected chi connectivity index (χ0v) is 26.9. The molecule has 0 unspecified atom stereocenters. The average Bonchev–Trinajstić information content (AvgIpc) is 3.25. The highest BCUT2D eigenvalue weighted by Gasteiger charge is 2.35. The zero-order valence-electron chi connectivity index (χ0n) is 24.5. The third-order valence-corrected chi connectivity index (χ3v) is 7.07. The van der Waals surface area contributed by atoms with Gasteiger partial charge in [0.15, 0.2) is 34.6 Å². The van der Waals surface area contributed by atoms with Crippen LogP contribution in [0, 0.1) is 17.1 Å². The molecule has 1 heterocycles. The van der Waals surface area contributed by atoms with Crippen molar-refractivity contribution in [3.63, 3.8) is 0 Å². The first-order chi connectivity index (χ1) is 19.7. The summed E-state index contributed by atoms with van der Waals surface area (Å²) in [6.07, 6.45) is 1.56. The number of Topliss-reactive ketones (excluding diaryl/α,β-unsaturated/α-hetero) is 1. The van der Waals surface area contributed by atoms with Crippen LogP contribution in [-0.2, 0) is 22.1 Å². The predicted molar refractivity (Wildman–Crippen MR) is 160 cm³/mol. The molecule has 3 rings (SSSR count). The molecule has 0 radical (unpaired) electrons. The summed E-state index contributed by atoms with van der Waals surface area (Å²) < 4.78 is 66.4. The fourth-order valence-corrected chi connectivity index (χ4v) is 5.37. The van der Waals surface area contributed by atoms with Crippen LogP contribution in [0.1, 0.15) is 74.5 Å². The van der Waals surface area contributed by atoms with Crippen LogP contribution in [0.5, 0.6) is 23.0 Å². The third-order valence-electron chi connectivity index (χ3n) is 6.27. The molecule has 13 heteroatoms. The SMILES string of the molecule is CCOc1cc2c(c(F)c1OCC)C(=NBr)N(CC(=O)c1cc(OCCCC#N)c(OS(C)(=O)=O)c(C(C)(C)C)c1)C2. The van der Waals surface area contributed by atoms with Crippen molar-refractivity contribution in [2.45, 2.75) is 59.4 Å². The quantitative estimate of drug-likeness (QED) is 0.150. The molecular formula is C29H35BrFN3O7S. The number of unbranched alkanes of at least 4 members (excludes halogenated alkanes) is 1. The standard InChI is InChI=1S/C29H35BrFN3O7S/c1-7-38-23-15-19-16-34(28(33-30)24(19)25(31)27(23)39-8-2)17-21(35)18-13-20(29(3,4)5)26(41-42(6,36)37)22(14-18)40-12-10-9-11-32/h13-15H,7-10,12,16-17H2,1-6H3. The highest BCUT2D eigenvalue weighted by Crippen LogP contribution is 2.42. The number of halogens is 2. The maximum Gasteiger partial charge on any atom is 0.306 e. The Balaban J connectivity index is 2.03. The summed E-state index contributed by atoms with van der Waals surface area (Å²) in [5.41, 5.74) is 0.843. The number of carbonyl (C=O) groups excluding carboxylic acids is 1. The minimum Gasteiger partial charge on any atom is -0.490 e. The summed E-state index contributed by atoms with van der Waals surface area (Å²) in [6.45, 7) is 9.77. The molecule has 42 heavy (non-hydrogen) atoms. The smallest absolute Gasteiger partial charge is 0.306 e. The van der Waals surface area contributed by atoms with Gasteiger partial charge in [0, 0.05) is 24.1 Å². The van der Waals surface area contributed by atoms with E-state index in [9.17, 15) is 13.2 Å². The Morgan fingerprint density at radius 2 is 1.79 bits per heavy atom. The molecule has 0 bridgehead atoms. The van der Waals surface area contributed by atoms with Gasteiger partial charge in [0.2, 0.25) is 0 Å². The Morgan fingerprint density at radius 3 is 2.36 bits per heavy atom. The number of nitriles is 1. The van der Waals surface area contributed by atoms with Gasteiger partial charge in [-0.15, -0.1) is 0 Å². The molecule has 0 amide bonds. The molecule has 228 valence electrons. The molecule has 10 nitrogen and oxygen atoms in total. The normalized spacial score (nSPS) is 14.0. The molecule has 0 spiro atoms. The van der Waals surface area contributed by atoms with Gasteiger partial charge < -0.3 is 23.3 Å². The molecule has 2 aromatic rings. The molecule has 0 saturated carbocycles. The van der Waals surface area contributed by atoms with E-state index in [2.05, 4.69) is 20.2 Å². The summed E-state index contributed by atoms with van der Waals surface area (Å²) in [6, 6.07) is 6.74. The van der Waals surface area contributed by atoms with Crippen molar-refractivity contribution in [2.75, 3.05) is 32.6 Å². The van der Waals surface area contributed by atoms with Gasteiger partial charge in [-0.1, -0.05) is 20.8 Å². The van der Waals surface area contributed by atoms with E-state index in [1.54, 1.807) is 30.9 Å². The number of nitrogens with zero attached hydrogens (tertiary/aromatic N) is 3. The molecule has 1 aliphatic heterocycles. The van der Waals surface area contributed by atoms with Gasteiger partial charge in [-0.05, 0) is 49.4 Å². The van der Waals surface area contributed by atoms with Gasteiger partial charge in [-0.2, -0.15) is 17.7 Å². The molecule has 0 aliphatic carbocycles. The first-order valence-corrected chi connectivity index (χ1v) is 15.9. The number of fused-ring (bicyclic) bond motifs is 1. The lowest BCUT2D eigenvalue weighted by atomic mass is 9.84. The van der Waals surface area contributed by atoms with E-state index in [-0.39, 0.29) is 78.5 Å². The lowest BCUT2D eigenvalue weighted by Crippen LogP contribution is -2.31. The second-order valence-electron chi connectivity index (χ2n) is 10.6. The summed E-state index contributed by atoms with van der Waals surface area (Å²) in [5.74, 6) is -0.435. The summed E-state index contributed by atoms with van der Waals surface area (Å²) in [4.78, 5) is 15.4. The lowest BCUT2D eigenvalue weighted by Gasteiger charge is -2.25. The Kier molecular flexibility index (Phi) is 10.8.